The van der Waals surface area contributed by atoms with Crippen LogP contribution in [0.3, 0.4) is 0 Å². The van der Waals surface area contributed by atoms with Crippen molar-refractivity contribution in [2.45, 2.75) is 46.6 Å². The Kier molecular flexibility index (Phi) is 9.06. The maximum absolute atomic E-state index is 12.3. The van der Waals surface area contributed by atoms with Gasteiger partial charge in [-0.2, -0.15) is 0 Å². The monoisotopic (exact) mass is 426 g/mol. The summed E-state index contributed by atoms with van der Waals surface area (Å²) in [6, 6.07) is 12.3. The van der Waals surface area contributed by atoms with E-state index < -0.39 is 23.9 Å². The van der Waals surface area contributed by atoms with Crippen LogP contribution in [0.1, 0.15) is 48.2 Å². The lowest BCUT2D eigenvalue weighted by Gasteiger charge is -2.15. The predicted molar refractivity (Wildman–Crippen MR) is 119 cm³/mol. The number of esters is 1. The number of hydrogen-bond acceptors (Lipinski definition) is 5. The Hall–Kier alpha value is -3.35. The molecule has 0 radical (unpaired) electrons. The number of carbonyl (C=O) groups is 3. The summed E-state index contributed by atoms with van der Waals surface area (Å²) < 4.78 is 10.7. The molecule has 7 heteroatoms. The van der Waals surface area contributed by atoms with Crippen molar-refractivity contribution >= 4 is 23.5 Å². The van der Waals surface area contributed by atoms with Crippen molar-refractivity contribution in [3.05, 3.63) is 59.2 Å². The summed E-state index contributed by atoms with van der Waals surface area (Å²) >= 11 is 0. The summed E-state index contributed by atoms with van der Waals surface area (Å²) in [6.45, 7) is 7.71. The minimum atomic E-state index is -0.996. The lowest BCUT2D eigenvalue weighted by molar-refractivity contribution is -0.152. The van der Waals surface area contributed by atoms with Gasteiger partial charge in [-0.1, -0.05) is 31.0 Å². The highest BCUT2D eigenvalue weighted by Crippen LogP contribution is 2.16. The summed E-state index contributed by atoms with van der Waals surface area (Å²) in [5.41, 5.74) is 3.07. The van der Waals surface area contributed by atoms with Gasteiger partial charge in [0.25, 0.3) is 11.8 Å². The first-order chi connectivity index (χ1) is 14.8. The molecule has 2 N–H and O–H groups in total. The minimum Gasteiger partial charge on any atom is -0.494 e. The number of aryl methyl sites for hydroxylation is 2. The molecule has 0 spiro atoms. The molecule has 0 saturated carbocycles. The maximum atomic E-state index is 12.3. The predicted octanol–water partition coefficient (Wildman–Crippen LogP) is 3.78. The molecule has 0 fully saturated rings. The van der Waals surface area contributed by atoms with Crippen molar-refractivity contribution in [2.75, 3.05) is 18.5 Å². The molecule has 0 unspecified atom stereocenters. The Labute approximate surface area is 183 Å². The van der Waals surface area contributed by atoms with Crippen LogP contribution in [-0.4, -0.2) is 37.0 Å². The number of anilines is 1. The van der Waals surface area contributed by atoms with Crippen LogP contribution in [0.4, 0.5) is 5.69 Å². The standard InChI is InChI=1S/C24H30N2O5/c1-5-6-13-30-20-10-8-19(9-11-20)24(29)25-15-22(27)31-18(4)23(28)26-21-12-7-16(2)14-17(21)3/h7-12,14,18H,5-6,13,15H2,1-4H3,(H,25,29)(H,26,28)/t18-/m0/s1. The summed E-state index contributed by atoms with van der Waals surface area (Å²) in [7, 11) is 0. The molecule has 1 atom stereocenters. The average molecular weight is 427 g/mol. The second kappa shape index (κ2) is 11.7. The smallest absolute Gasteiger partial charge is 0.326 e. The van der Waals surface area contributed by atoms with E-state index in [9.17, 15) is 14.4 Å². The third-order valence-corrected chi connectivity index (χ3v) is 4.59. The topological polar surface area (TPSA) is 93.7 Å². The number of nitrogens with one attached hydrogen (secondary N) is 2. The molecule has 7 nitrogen and oxygen atoms in total. The third-order valence-electron chi connectivity index (χ3n) is 4.59. The van der Waals surface area contributed by atoms with E-state index in [0.717, 1.165) is 24.0 Å². The number of hydrogen-bond donors (Lipinski definition) is 2. The molecule has 2 amide bonds. The maximum Gasteiger partial charge on any atom is 0.326 e. The number of ether oxygens (including phenoxy) is 2. The van der Waals surface area contributed by atoms with E-state index in [4.69, 9.17) is 9.47 Å². The molecule has 0 aliphatic carbocycles. The van der Waals surface area contributed by atoms with Gasteiger partial charge in [0.05, 0.1) is 6.61 Å². The second-order valence-corrected chi connectivity index (χ2v) is 7.35. The second-order valence-electron chi connectivity index (χ2n) is 7.35. The Balaban J connectivity index is 1.78. The fourth-order valence-corrected chi connectivity index (χ4v) is 2.77. The summed E-state index contributed by atoms with van der Waals surface area (Å²) in [4.78, 5) is 36.5. The van der Waals surface area contributed by atoms with Gasteiger partial charge in [-0.3, -0.25) is 14.4 Å². The van der Waals surface area contributed by atoms with Crippen LogP contribution in [0.2, 0.25) is 0 Å². The van der Waals surface area contributed by atoms with Gasteiger partial charge in [-0.05, 0) is 63.1 Å². The summed E-state index contributed by atoms with van der Waals surface area (Å²) in [6.07, 6.45) is 1.01. The Bertz CT molecular complexity index is 909. The highest BCUT2D eigenvalue weighted by molar-refractivity contribution is 5.97. The van der Waals surface area contributed by atoms with E-state index in [-0.39, 0.29) is 6.54 Å². The molecule has 31 heavy (non-hydrogen) atoms. The largest absolute Gasteiger partial charge is 0.494 e. The summed E-state index contributed by atoms with van der Waals surface area (Å²) in [5.74, 6) is -0.862. The molecule has 0 saturated heterocycles. The third kappa shape index (κ3) is 7.77. The molecule has 0 aliphatic heterocycles. The first-order valence-electron chi connectivity index (χ1n) is 10.4. The fraction of sp³-hybridized carbons (Fsp3) is 0.375. The van der Waals surface area contributed by atoms with Gasteiger partial charge in [0.15, 0.2) is 6.10 Å². The molecule has 2 aromatic carbocycles. The number of benzene rings is 2. The zero-order valence-electron chi connectivity index (χ0n) is 18.5. The van der Waals surface area contributed by atoms with Crippen LogP contribution in [0, 0.1) is 13.8 Å². The number of unbranched alkanes of at least 4 members (excludes halogenated alkanes) is 1. The SMILES string of the molecule is CCCCOc1ccc(C(=O)NCC(=O)O[C@@H](C)C(=O)Nc2ccc(C)cc2C)cc1. The van der Waals surface area contributed by atoms with Crippen molar-refractivity contribution in [1.29, 1.82) is 0 Å². The highest BCUT2D eigenvalue weighted by Gasteiger charge is 2.19. The van der Waals surface area contributed by atoms with Crippen LogP contribution in [0.25, 0.3) is 0 Å². The molecule has 0 heterocycles. The lowest BCUT2D eigenvalue weighted by atomic mass is 10.1. The van der Waals surface area contributed by atoms with E-state index in [0.29, 0.717) is 23.6 Å². The first-order valence-corrected chi connectivity index (χ1v) is 10.4. The number of rotatable bonds is 10. The molecule has 166 valence electrons. The lowest BCUT2D eigenvalue weighted by Crippen LogP contribution is -2.35. The van der Waals surface area contributed by atoms with Crippen molar-refractivity contribution in [1.82, 2.24) is 5.32 Å². The van der Waals surface area contributed by atoms with E-state index in [1.807, 2.05) is 26.0 Å². The van der Waals surface area contributed by atoms with E-state index in [1.165, 1.54) is 6.92 Å². The van der Waals surface area contributed by atoms with Gasteiger partial charge < -0.3 is 20.1 Å². The van der Waals surface area contributed by atoms with Crippen molar-refractivity contribution in [3.8, 4) is 5.75 Å². The molecular formula is C24H30N2O5. The normalized spacial score (nSPS) is 11.4. The zero-order chi connectivity index (χ0) is 22.8. The fourth-order valence-electron chi connectivity index (χ4n) is 2.77. The summed E-state index contributed by atoms with van der Waals surface area (Å²) in [5, 5.41) is 5.24. The van der Waals surface area contributed by atoms with Crippen LogP contribution < -0.4 is 15.4 Å². The Morgan fingerprint density at radius 2 is 1.74 bits per heavy atom. The number of amides is 2. The zero-order valence-corrected chi connectivity index (χ0v) is 18.5. The van der Waals surface area contributed by atoms with Gasteiger partial charge in [-0.15, -0.1) is 0 Å². The first kappa shape index (κ1) is 23.9. The van der Waals surface area contributed by atoms with Gasteiger partial charge >= 0.3 is 5.97 Å². The molecular weight excluding hydrogens is 396 g/mol. The molecule has 0 aliphatic rings. The van der Waals surface area contributed by atoms with Crippen LogP contribution in [-0.2, 0) is 14.3 Å². The minimum absolute atomic E-state index is 0.339. The quantitative estimate of drug-likeness (QED) is 0.445. The van der Waals surface area contributed by atoms with Crippen LogP contribution in [0.5, 0.6) is 5.75 Å². The Morgan fingerprint density at radius 3 is 2.39 bits per heavy atom. The van der Waals surface area contributed by atoms with Gasteiger partial charge in [0.2, 0.25) is 0 Å². The van der Waals surface area contributed by atoms with Crippen molar-refractivity contribution < 1.29 is 23.9 Å². The molecule has 0 aromatic heterocycles. The van der Waals surface area contributed by atoms with Crippen molar-refractivity contribution in [2.24, 2.45) is 0 Å². The van der Waals surface area contributed by atoms with Crippen LogP contribution >= 0.6 is 0 Å². The van der Waals surface area contributed by atoms with E-state index in [2.05, 4.69) is 17.6 Å². The van der Waals surface area contributed by atoms with Gasteiger partial charge in [-0.25, -0.2) is 0 Å². The van der Waals surface area contributed by atoms with Crippen LogP contribution in [0.15, 0.2) is 42.5 Å². The number of carbonyl (C=O) groups excluding carboxylic acids is 3. The molecule has 2 rings (SSSR count). The van der Waals surface area contributed by atoms with Crippen molar-refractivity contribution in [3.63, 3.8) is 0 Å². The van der Waals surface area contributed by atoms with Gasteiger partial charge in [0, 0.05) is 11.3 Å². The van der Waals surface area contributed by atoms with E-state index in [1.54, 1.807) is 30.3 Å². The average Bonchev–Trinajstić information content (AvgIpc) is 2.74. The molecule has 0 bridgehead atoms. The molecule has 2 aromatic rings. The van der Waals surface area contributed by atoms with E-state index >= 15 is 0 Å². The Morgan fingerprint density at radius 1 is 1.03 bits per heavy atom. The highest BCUT2D eigenvalue weighted by atomic mass is 16.5. The van der Waals surface area contributed by atoms with Gasteiger partial charge in [0.1, 0.15) is 12.3 Å².